The molecule has 0 N–H and O–H groups in total. The van der Waals surface area contributed by atoms with Crippen molar-refractivity contribution in [1.82, 2.24) is 9.88 Å². The maximum atomic E-state index is 12.7. The first-order valence-electron chi connectivity index (χ1n) is 7.78. The highest BCUT2D eigenvalue weighted by Gasteiger charge is 2.34. The molecular formula is C17H17F3N2O4. The number of ether oxygens (including phenoxy) is 1. The number of carbonyl (C=O) groups excluding carboxylic acids is 2. The Morgan fingerprint density at radius 2 is 1.92 bits per heavy atom. The van der Waals surface area contributed by atoms with E-state index < -0.39 is 37.6 Å². The number of hydrogen-bond donors (Lipinski definition) is 0. The van der Waals surface area contributed by atoms with Gasteiger partial charge in [0.1, 0.15) is 19.4 Å². The summed E-state index contributed by atoms with van der Waals surface area (Å²) < 4.78 is 47.9. The Morgan fingerprint density at radius 3 is 2.54 bits per heavy atom. The highest BCUT2D eigenvalue weighted by Crippen LogP contribution is 2.20. The fourth-order valence-electron chi connectivity index (χ4n) is 2.18. The summed E-state index contributed by atoms with van der Waals surface area (Å²) in [6, 6.07) is 8.84. The van der Waals surface area contributed by atoms with Crippen molar-refractivity contribution in [3.8, 4) is 11.5 Å². The summed E-state index contributed by atoms with van der Waals surface area (Å²) in [6.07, 6.45) is -3.86. The van der Waals surface area contributed by atoms with Gasteiger partial charge in [0, 0.05) is 5.56 Å². The molecule has 0 spiro atoms. The second-order valence-corrected chi connectivity index (χ2v) is 5.36. The maximum absolute atomic E-state index is 12.7. The second-order valence-electron chi connectivity index (χ2n) is 5.36. The van der Waals surface area contributed by atoms with Crippen molar-refractivity contribution in [2.24, 2.45) is 0 Å². The molecule has 1 amide bonds. The van der Waals surface area contributed by atoms with Crippen LogP contribution in [-0.2, 0) is 20.7 Å². The van der Waals surface area contributed by atoms with Gasteiger partial charge in [-0.3, -0.25) is 9.59 Å². The molecule has 0 unspecified atom stereocenters. The average Bonchev–Trinajstić information content (AvgIpc) is 3.02. The number of esters is 1. The van der Waals surface area contributed by atoms with Crippen LogP contribution < -0.4 is 0 Å². The molecule has 2 aromatic rings. The third-order valence-corrected chi connectivity index (χ3v) is 3.25. The van der Waals surface area contributed by atoms with Crippen molar-refractivity contribution in [2.75, 3.05) is 19.7 Å². The fourth-order valence-corrected chi connectivity index (χ4v) is 2.18. The van der Waals surface area contributed by atoms with Gasteiger partial charge in [0.15, 0.2) is 0 Å². The minimum atomic E-state index is -4.64. The van der Waals surface area contributed by atoms with Crippen LogP contribution in [0.25, 0.3) is 11.5 Å². The lowest BCUT2D eigenvalue weighted by molar-refractivity contribution is -0.167. The minimum Gasteiger partial charge on any atom is -0.465 e. The zero-order valence-corrected chi connectivity index (χ0v) is 14.0. The monoisotopic (exact) mass is 370 g/mol. The average molecular weight is 370 g/mol. The van der Waals surface area contributed by atoms with E-state index in [0.29, 0.717) is 10.5 Å². The lowest BCUT2D eigenvalue weighted by atomic mass is 10.2. The summed E-state index contributed by atoms with van der Waals surface area (Å²) in [6.45, 7) is -0.797. The summed E-state index contributed by atoms with van der Waals surface area (Å²) in [5.74, 6) is -1.56. The van der Waals surface area contributed by atoms with Gasteiger partial charge in [-0.2, -0.15) is 13.2 Å². The molecule has 0 aliphatic carbocycles. The summed E-state index contributed by atoms with van der Waals surface area (Å²) in [7, 11) is 0. The van der Waals surface area contributed by atoms with E-state index >= 15 is 0 Å². The van der Waals surface area contributed by atoms with Crippen molar-refractivity contribution in [3.63, 3.8) is 0 Å². The van der Waals surface area contributed by atoms with Crippen LogP contribution in [0.4, 0.5) is 13.2 Å². The number of amides is 1. The number of hydrogen-bond acceptors (Lipinski definition) is 5. The van der Waals surface area contributed by atoms with E-state index in [4.69, 9.17) is 4.42 Å². The van der Waals surface area contributed by atoms with Gasteiger partial charge in [-0.1, -0.05) is 18.2 Å². The lowest BCUT2D eigenvalue weighted by Gasteiger charge is -2.22. The Balaban J connectivity index is 2.08. The number of oxazole rings is 1. The van der Waals surface area contributed by atoms with E-state index in [0.717, 1.165) is 0 Å². The van der Waals surface area contributed by atoms with Crippen LogP contribution in [0.2, 0.25) is 0 Å². The molecule has 0 aliphatic rings. The van der Waals surface area contributed by atoms with Crippen LogP contribution in [0.5, 0.6) is 0 Å². The van der Waals surface area contributed by atoms with Gasteiger partial charge in [-0.15, -0.1) is 0 Å². The summed E-state index contributed by atoms with van der Waals surface area (Å²) in [5, 5.41) is 0. The first-order valence-corrected chi connectivity index (χ1v) is 7.78. The molecule has 0 fully saturated rings. The number of nitrogens with zero attached hydrogens (tertiary/aromatic N) is 2. The third kappa shape index (κ3) is 5.91. The topological polar surface area (TPSA) is 72.6 Å². The molecule has 0 saturated carbocycles. The van der Waals surface area contributed by atoms with E-state index in [-0.39, 0.29) is 18.2 Å². The Bertz CT molecular complexity index is 744. The Kier molecular flexibility index (Phi) is 6.37. The molecule has 0 radical (unpaired) electrons. The highest BCUT2D eigenvalue weighted by molar-refractivity contribution is 5.83. The number of halogens is 3. The Labute approximate surface area is 147 Å². The molecule has 0 bridgehead atoms. The van der Waals surface area contributed by atoms with Gasteiger partial charge in [-0.05, 0) is 19.1 Å². The van der Waals surface area contributed by atoms with Crippen LogP contribution >= 0.6 is 0 Å². The van der Waals surface area contributed by atoms with Crippen molar-refractivity contribution in [2.45, 2.75) is 19.5 Å². The fraction of sp³-hybridized carbons (Fsp3) is 0.353. The van der Waals surface area contributed by atoms with Crippen LogP contribution in [0.1, 0.15) is 12.6 Å². The van der Waals surface area contributed by atoms with Crippen molar-refractivity contribution in [1.29, 1.82) is 0 Å². The van der Waals surface area contributed by atoms with Gasteiger partial charge in [0.05, 0.1) is 18.7 Å². The molecular weight excluding hydrogens is 353 g/mol. The Morgan fingerprint density at radius 1 is 1.23 bits per heavy atom. The van der Waals surface area contributed by atoms with Crippen LogP contribution in [0.15, 0.2) is 41.0 Å². The molecule has 6 nitrogen and oxygen atoms in total. The molecule has 9 heteroatoms. The van der Waals surface area contributed by atoms with Gasteiger partial charge in [0.25, 0.3) is 0 Å². The SMILES string of the molecule is CCOC(=O)CN(CC(F)(F)F)C(=O)Cc1coc(-c2ccccc2)n1. The highest BCUT2D eigenvalue weighted by atomic mass is 19.4. The first-order chi connectivity index (χ1) is 12.3. The molecule has 2 rings (SSSR count). The molecule has 140 valence electrons. The molecule has 1 heterocycles. The molecule has 0 atom stereocenters. The number of rotatable bonds is 7. The molecule has 26 heavy (non-hydrogen) atoms. The smallest absolute Gasteiger partial charge is 0.406 e. The molecule has 0 saturated heterocycles. The zero-order valence-electron chi connectivity index (χ0n) is 14.0. The van der Waals surface area contributed by atoms with Crippen LogP contribution in [0, 0.1) is 0 Å². The van der Waals surface area contributed by atoms with E-state index in [1.165, 1.54) is 13.2 Å². The number of alkyl halides is 3. The molecule has 0 aliphatic heterocycles. The molecule has 1 aromatic heterocycles. The summed E-state index contributed by atoms with van der Waals surface area (Å²) >= 11 is 0. The standard InChI is InChI=1S/C17H17F3N2O4/c1-2-25-15(24)9-22(11-17(18,19)20)14(23)8-13-10-26-16(21-13)12-6-4-3-5-7-12/h3-7,10H,2,8-9,11H2,1H3. The van der Waals surface area contributed by atoms with Gasteiger partial charge in [0.2, 0.25) is 11.8 Å². The third-order valence-electron chi connectivity index (χ3n) is 3.25. The van der Waals surface area contributed by atoms with Gasteiger partial charge in [-0.25, -0.2) is 4.98 Å². The quantitative estimate of drug-likeness (QED) is 0.701. The summed E-state index contributed by atoms with van der Waals surface area (Å²) in [5.41, 5.74) is 0.842. The normalized spacial score (nSPS) is 11.2. The predicted octanol–water partition coefficient (Wildman–Crippen LogP) is 2.84. The van der Waals surface area contributed by atoms with Gasteiger partial charge < -0.3 is 14.1 Å². The van der Waals surface area contributed by atoms with Crippen molar-refractivity contribution < 1.29 is 31.9 Å². The van der Waals surface area contributed by atoms with Crippen molar-refractivity contribution in [3.05, 3.63) is 42.3 Å². The Hall–Kier alpha value is -2.84. The number of benzene rings is 1. The van der Waals surface area contributed by atoms with E-state index in [1.807, 2.05) is 0 Å². The van der Waals surface area contributed by atoms with E-state index in [2.05, 4.69) is 9.72 Å². The second kappa shape index (κ2) is 8.50. The van der Waals surface area contributed by atoms with Crippen molar-refractivity contribution >= 4 is 11.9 Å². The maximum Gasteiger partial charge on any atom is 0.406 e. The zero-order chi connectivity index (χ0) is 19.2. The summed E-state index contributed by atoms with van der Waals surface area (Å²) in [4.78, 5) is 28.2. The number of carbonyl (C=O) groups is 2. The van der Waals surface area contributed by atoms with Gasteiger partial charge >= 0.3 is 12.1 Å². The van der Waals surface area contributed by atoms with Crippen LogP contribution in [0.3, 0.4) is 0 Å². The van der Waals surface area contributed by atoms with E-state index in [9.17, 15) is 22.8 Å². The predicted molar refractivity (Wildman–Crippen MR) is 84.9 cm³/mol. The lowest BCUT2D eigenvalue weighted by Crippen LogP contribution is -2.43. The first kappa shape index (κ1) is 19.5. The van der Waals surface area contributed by atoms with E-state index in [1.54, 1.807) is 30.3 Å². The van der Waals surface area contributed by atoms with Crippen LogP contribution in [-0.4, -0.2) is 47.6 Å². The minimum absolute atomic E-state index is 0.0105. The molecule has 1 aromatic carbocycles. The largest absolute Gasteiger partial charge is 0.465 e. The number of aromatic nitrogens is 1.